The van der Waals surface area contributed by atoms with Crippen molar-refractivity contribution in [3.63, 3.8) is 0 Å². The standard InChI is InChI=1S/C19H30N4O4S/c1-15-6-8-22(21-15)9-7-20-18(24)19-13-23(10-17(19)11-27-14-19)28(25,26)12-16-4-2-3-5-16/h6,8,16-17H,2-5,7,9-14H2,1H3,(H,20,24)/t17-,19-/m1/s1. The number of carbonyl (C=O) groups excluding carboxylic acids is 1. The van der Waals surface area contributed by atoms with Crippen molar-refractivity contribution < 1.29 is 17.9 Å². The molecule has 1 aromatic rings. The quantitative estimate of drug-likeness (QED) is 0.717. The fourth-order valence-corrected chi connectivity index (χ4v) is 6.82. The first-order valence-electron chi connectivity index (χ1n) is 10.2. The minimum atomic E-state index is -3.33. The second-order valence-corrected chi connectivity index (χ2v) is 10.6. The molecule has 0 bridgehead atoms. The third-order valence-corrected chi connectivity index (χ3v) is 8.47. The molecule has 1 saturated carbocycles. The van der Waals surface area contributed by atoms with Crippen LogP contribution in [0.15, 0.2) is 12.3 Å². The lowest BCUT2D eigenvalue weighted by atomic mass is 9.80. The number of amides is 1. The lowest BCUT2D eigenvalue weighted by Gasteiger charge is -2.26. The maximum atomic E-state index is 13.0. The van der Waals surface area contributed by atoms with Crippen molar-refractivity contribution >= 4 is 15.9 Å². The van der Waals surface area contributed by atoms with Gasteiger partial charge in [0, 0.05) is 31.7 Å². The van der Waals surface area contributed by atoms with Crippen LogP contribution in [0.3, 0.4) is 0 Å². The molecule has 0 spiro atoms. The number of aryl methyl sites for hydroxylation is 1. The Bertz CT molecular complexity index is 818. The van der Waals surface area contributed by atoms with Gasteiger partial charge in [-0.25, -0.2) is 12.7 Å². The highest BCUT2D eigenvalue weighted by Gasteiger charge is 2.57. The lowest BCUT2D eigenvalue weighted by molar-refractivity contribution is -0.131. The summed E-state index contributed by atoms with van der Waals surface area (Å²) in [6.07, 6.45) is 6.13. The van der Waals surface area contributed by atoms with Crippen molar-refractivity contribution in [3.05, 3.63) is 18.0 Å². The molecule has 156 valence electrons. The van der Waals surface area contributed by atoms with E-state index in [2.05, 4.69) is 10.4 Å². The van der Waals surface area contributed by atoms with Gasteiger partial charge in [-0.1, -0.05) is 12.8 Å². The first-order valence-corrected chi connectivity index (χ1v) is 11.8. The number of aromatic nitrogens is 2. The molecule has 4 rings (SSSR count). The molecule has 0 radical (unpaired) electrons. The van der Waals surface area contributed by atoms with Gasteiger partial charge >= 0.3 is 0 Å². The molecule has 2 atom stereocenters. The Balaban J connectivity index is 1.38. The molecule has 8 nitrogen and oxygen atoms in total. The number of nitrogens with zero attached hydrogens (tertiary/aromatic N) is 3. The number of hydrogen-bond donors (Lipinski definition) is 1. The van der Waals surface area contributed by atoms with Gasteiger partial charge in [0.05, 0.1) is 36.6 Å². The number of hydrogen-bond acceptors (Lipinski definition) is 5. The Morgan fingerprint density at radius 1 is 1.39 bits per heavy atom. The molecule has 28 heavy (non-hydrogen) atoms. The summed E-state index contributed by atoms with van der Waals surface area (Å²) in [6.45, 7) is 4.34. The summed E-state index contributed by atoms with van der Waals surface area (Å²) < 4.78 is 34.8. The second-order valence-electron chi connectivity index (χ2n) is 8.57. The molecule has 2 aliphatic heterocycles. The number of sulfonamides is 1. The van der Waals surface area contributed by atoms with Crippen LogP contribution in [0, 0.1) is 24.2 Å². The van der Waals surface area contributed by atoms with E-state index in [9.17, 15) is 13.2 Å². The Morgan fingerprint density at radius 2 is 2.18 bits per heavy atom. The average Bonchev–Trinajstić information content (AvgIpc) is 3.38. The van der Waals surface area contributed by atoms with E-state index in [-0.39, 0.29) is 30.0 Å². The van der Waals surface area contributed by atoms with Gasteiger partial charge in [-0.15, -0.1) is 0 Å². The van der Waals surface area contributed by atoms with Gasteiger partial charge in [0.1, 0.15) is 0 Å². The van der Waals surface area contributed by atoms with E-state index in [1.807, 2.05) is 19.2 Å². The van der Waals surface area contributed by atoms with E-state index in [1.54, 1.807) is 8.99 Å². The van der Waals surface area contributed by atoms with Crippen LogP contribution in [-0.4, -0.2) is 67.0 Å². The maximum absolute atomic E-state index is 13.0. The number of nitrogens with one attached hydrogen (secondary N) is 1. The third-order valence-electron chi connectivity index (χ3n) is 6.51. The van der Waals surface area contributed by atoms with Gasteiger partial charge in [-0.2, -0.15) is 5.10 Å². The van der Waals surface area contributed by atoms with Crippen molar-refractivity contribution in [1.82, 2.24) is 19.4 Å². The first-order chi connectivity index (χ1) is 13.4. The van der Waals surface area contributed by atoms with Crippen molar-refractivity contribution in [2.24, 2.45) is 17.3 Å². The molecule has 2 saturated heterocycles. The smallest absolute Gasteiger partial charge is 0.230 e. The first kappa shape index (κ1) is 19.8. The van der Waals surface area contributed by atoms with E-state index in [4.69, 9.17) is 4.74 Å². The van der Waals surface area contributed by atoms with E-state index in [0.29, 0.717) is 32.8 Å². The summed E-state index contributed by atoms with van der Waals surface area (Å²) >= 11 is 0. The van der Waals surface area contributed by atoms with Crippen LogP contribution in [0.5, 0.6) is 0 Å². The van der Waals surface area contributed by atoms with Gasteiger partial charge in [0.15, 0.2) is 0 Å². The van der Waals surface area contributed by atoms with Crippen LogP contribution >= 0.6 is 0 Å². The van der Waals surface area contributed by atoms with E-state index in [0.717, 1.165) is 31.4 Å². The van der Waals surface area contributed by atoms with Crippen LogP contribution < -0.4 is 5.32 Å². The third kappa shape index (κ3) is 3.84. The fraction of sp³-hybridized carbons (Fsp3) is 0.789. The fourth-order valence-electron chi connectivity index (χ4n) is 4.85. The van der Waals surface area contributed by atoms with Gasteiger partial charge in [-0.05, 0) is 31.7 Å². The molecule has 3 fully saturated rings. The number of carbonyl (C=O) groups is 1. The Morgan fingerprint density at radius 3 is 2.89 bits per heavy atom. The van der Waals surface area contributed by atoms with Crippen LogP contribution in [0.1, 0.15) is 31.4 Å². The molecule has 1 N–H and O–H groups in total. The summed E-state index contributed by atoms with van der Waals surface area (Å²) in [6, 6.07) is 1.92. The molecule has 1 aromatic heterocycles. The Hall–Kier alpha value is -1.45. The molecule has 3 aliphatic rings. The van der Waals surface area contributed by atoms with Gasteiger partial charge in [-0.3, -0.25) is 9.48 Å². The van der Waals surface area contributed by atoms with Gasteiger partial charge in [0.2, 0.25) is 15.9 Å². The van der Waals surface area contributed by atoms with E-state index >= 15 is 0 Å². The average molecular weight is 411 g/mol. The molecule has 9 heteroatoms. The maximum Gasteiger partial charge on any atom is 0.230 e. The number of rotatable bonds is 7. The van der Waals surface area contributed by atoms with E-state index < -0.39 is 15.4 Å². The predicted octanol–water partition coefficient (Wildman–Crippen LogP) is 0.776. The highest BCUT2D eigenvalue weighted by Crippen LogP contribution is 2.43. The minimum Gasteiger partial charge on any atom is -0.380 e. The van der Waals surface area contributed by atoms with Crippen LogP contribution in [0.2, 0.25) is 0 Å². The Kier molecular flexibility index (Phi) is 5.50. The predicted molar refractivity (Wildman–Crippen MR) is 104 cm³/mol. The summed E-state index contributed by atoms with van der Waals surface area (Å²) in [4.78, 5) is 13.0. The van der Waals surface area contributed by atoms with Gasteiger partial charge in [0.25, 0.3) is 0 Å². The second kappa shape index (κ2) is 7.76. The van der Waals surface area contributed by atoms with Crippen molar-refractivity contribution in [1.29, 1.82) is 0 Å². The number of ether oxygens (including phenoxy) is 1. The molecule has 1 amide bonds. The largest absolute Gasteiger partial charge is 0.380 e. The summed E-state index contributed by atoms with van der Waals surface area (Å²) in [5.74, 6) is 0.316. The van der Waals surface area contributed by atoms with Crippen molar-refractivity contribution in [2.45, 2.75) is 39.2 Å². The summed E-state index contributed by atoms with van der Waals surface area (Å²) in [7, 11) is -3.33. The molecule has 0 aromatic carbocycles. The molecular formula is C19H30N4O4S. The van der Waals surface area contributed by atoms with Crippen LogP contribution in [0.4, 0.5) is 0 Å². The van der Waals surface area contributed by atoms with Crippen molar-refractivity contribution in [2.75, 3.05) is 38.6 Å². The van der Waals surface area contributed by atoms with Crippen LogP contribution in [0.25, 0.3) is 0 Å². The Labute approximate surface area is 166 Å². The molecular weight excluding hydrogens is 380 g/mol. The summed E-state index contributed by atoms with van der Waals surface area (Å²) in [5, 5.41) is 7.30. The van der Waals surface area contributed by atoms with Crippen LogP contribution in [-0.2, 0) is 26.1 Å². The zero-order chi connectivity index (χ0) is 19.8. The normalized spacial score (nSPS) is 28.7. The lowest BCUT2D eigenvalue weighted by Crippen LogP contribution is -2.48. The molecule has 3 heterocycles. The molecule has 1 aliphatic carbocycles. The highest BCUT2D eigenvalue weighted by molar-refractivity contribution is 7.89. The SMILES string of the molecule is Cc1ccn(CCNC(=O)[C@]23COC[C@H]2CN(S(=O)(=O)CC2CCCC2)C3)n1. The van der Waals surface area contributed by atoms with Gasteiger partial charge < -0.3 is 10.1 Å². The molecule has 0 unspecified atom stereocenters. The van der Waals surface area contributed by atoms with Crippen molar-refractivity contribution in [3.8, 4) is 0 Å². The highest BCUT2D eigenvalue weighted by atomic mass is 32.2. The zero-order valence-electron chi connectivity index (χ0n) is 16.5. The van der Waals surface area contributed by atoms with E-state index in [1.165, 1.54) is 0 Å². The number of fused-ring (bicyclic) bond motifs is 1. The topological polar surface area (TPSA) is 93.5 Å². The minimum absolute atomic E-state index is 0.0715. The summed E-state index contributed by atoms with van der Waals surface area (Å²) in [5.41, 5.74) is 0.177. The zero-order valence-corrected chi connectivity index (χ0v) is 17.3. The monoisotopic (exact) mass is 410 g/mol.